The molecule has 0 saturated heterocycles. The zero-order valence-electron chi connectivity index (χ0n) is 7.97. The van der Waals surface area contributed by atoms with Gasteiger partial charge in [0, 0.05) is 6.04 Å². The first-order valence-electron chi connectivity index (χ1n) is 5.23. The van der Waals surface area contributed by atoms with Gasteiger partial charge in [-0.1, -0.05) is 18.1 Å². The molecule has 68 valence electrons. The number of hydrogen-bond acceptors (Lipinski definition) is 1. The first-order valence-corrected chi connectivity index (χ1v) is 5.23. The average molecular weight is 165 g/mol. The molecule has 2 unspecified atom stereocenters. The van der Waals surface area contributed by atoms with Crippen LogP contribution in [-0.2, 0) is 0 Å². The summed E-state index contributed by atoms with van der Waals surface area (Å²) in [6.45, 7) is 2.35. The maximum absolute atomic E-state index is 6.00. The second-order valence-corrected chi connectivity index (χ2v) is 4.44. The Morgan fingerprint density at radius 3 is 2.83 bits per heavy atom. The van der Waals surface area contributed by atoms with Crippen molar-refractivity contribution in [2.24, 2.45) is 11.7 Å². The molecular weight excluding hydrogens is 146 g/mol. The maximum atomic E-state index is 6.00. The summed E-state index contributed by atoms with van der Waals surface area (Å²) in [6.07, 6.45) is 7.94. The van der Waals surface area contributed by atoms with Gasteiger partial charge in [-0.2, -0.15) is 0 Å². The van der Waals surface area contributed by atoms with Crippen molar-refractivity contribution in [3.05, 3.63) is 11.1 Å². The monoisotopic (exact) mass is 165 g/mol. The summed E-state index contributed by atoms with van der Waals surface area (Å²) >= 11 is 0. The van der Waals surface area contributed by atoms with Gasteiger partial charge in [-0.25, -0.2) is 0 Å². The molecule has 0 heterocycles. The van der Waals surface area contributed by atoms with Gasteiger partial charge >= 0.3 is 0 Å². The summed E-state index contributed by atoms with van der Waals surface area (Å²) in [5, 5.41) is 0. The van der Waals surface area contributed by atoms with Crippen molar-refractivity contribution in [2.75, 3.05) is 0 Å². The highest BCUT2D eigenvalue weighted by atomic mass is 14.6. The molecule has 0 aromatic rings. The molecule has 0 aliphatic heterocycles. The smallest absolute Gasteiger partial charge is 0.00817 e. The van der Waals surface area contributed by atoms with Gasteiger partial charge in [0.15, 0.2) is 0 Å². The predicted octanol–water partition coefficient (Wildman–Crippen LogP) is 2.61. The van der Waals surface area contributed by atoms with E-state index in [1.165, 1.54) is 38.5 Å². The van der Waals surface area contributed by atoms with E-state index in [0.29, 0.717) is 6.04 Å². The molecule has 1 nitrogen and oxygen atoms in total. The minimum absolute atomic E-state index is 0.455. The summed E-state index contributed by atoms with van der Waals surface area (Å²) < 4.78 is 0. The first kappa shape index (κ1) is 8.31. The summed E-state index contributed by atoms with van der Waals surface area (Å²) in [5.41, 5.74) is 9.48. The van der Waals surface area contributed by atoms with Crippen LogP contribution in [0.1, 0.15) is 45.4 Å². The molecule has 12 heavy (non-hydrogen) atoms. The van der Waals surface area contributed by atoms with Gasteiger partial charge in [0.05, 0.1) is 0 Å². The minimum atomic E-state index is 0.455. The average Bonchev–Trinajstić information content (AvgIpc) is 2.04. The van der Waals surface area contributed by atoms with Crippen molar-refractivity contribution in [1.29, 1.82) is 0 Å². The molecule has 0 amide bonds. The Morgan fingerprint density at radius 1 is 1.25 bits per heavy atom. The molecule has 0 radical (unpaired) electrons. The second-order valence-electron chi connectivity index (χ2n) is 4.44. The van der Waals surface area contributed by atoms with Crippen molar-refractivity contribution in [1.82, 2.24) is 0 Å². The predicted molar refractivity (Wildman–Crippen MR) is 51.9 cm³/mol. The van der Waals surface area contributed by atoms with E-state index in [2.05, 4.69) is 6.92 Å². The highest BCUT2D eigenvalue weighted by Crippen LogP contribution is 2.38. The maximum Gasteiger partial charge on any atom is 0.00817 e. The Morgan fingerprint density at radius 2 is 2.00 bits per heavy atom. The van der Waals surface area contributed by atoms with Crippen LogP contribution in [0.2, 0.25) is 0 Å². The fourth-order valence-electron chi connectivity index (χ4n) is 2.82. The largest absolute Gasteiger partial charge is 0.327 e. The molecule has 0 aromatic carbocycles. The van der Waals surface area contributed by atoms with Crippen molar-refractivity contribution >= 4 is 0 Å². The van der Waals surface area contributed by atoms with Gasteiger partial charge in [0.25, 0.3) is 0 Å². The number of hydrogen-bond donors (Lipinski definition) is 1. The Bertz CT molecular complexity index is 205. The first-order chi connectivity index (χ1) is 5.77. The lowest BCUT2D eigenvalue weighted by atomic mass is 9.75. The Hall–Kier alpha value is -0.300. The van der Waals surface area contributed by atoms with Gasteiger partial charge in [0.2, 0.25) is 0 Å². The number of allylic oxidation sites excluding steroid dienone is 1. The van der Waals surface area contributed by atoms with E-state index in [0.717, 1.165) is 5.92 Å². The van der Waals surface area contributed by atoms with Crippen LogP contribution in [0, 0.1) is 5.92 Å². The van der Waals surface area contributed by atoms with Crippen LogP contribution < -0.4 is 5.73 Å². The van der Waals surface area contributed by atoms with Crippen LogP contribution in [0.15, 0.2) is 11.1 Å². The highest BCUT2D eigenvalue weighted by molar-refractivity contribution is 5.23. The third kappa shape index (κ3) is 1.42. The molecule has 0 saturated carbocycles. The van der Waals surface area contributed by atoms with Crippen molar-refractivity contribution < 1.29 is 0 Å². The highest BCUT2D eigenvalue weighted by Gasteiger charge is 2.25. The summed E-state index contributed by atoms with van der Waals surface area (Å²) in [7, 11) is 0. The van der Waals surface area contributed by atoms with Gasteiger partial charge in [-0.05, 0) is 44.4 Å². The van der Waals surface area contributed by atoms with Crippen LogP contribution in [-0.4, -0.2) is 6.04 Å². The molecule has 0 spiro atoms. The topological polar surface area (TPSA) is 26.0 Å². The minimum Gasteiger partial charge on any atom is -0.327 e. The molecule has 0 bridgehead atoms. The van der Waals surface area contributed by atoms with E-state index in [-0.39, 0.29) is 0 Å². The second kappa shape index (κ2) is 3.21. The third-order valence-corrected chi connectivity index (χ3v) is 3.39. The standard InChI is InChI=1S/C11H19N/c1-8-6-10(12)7-9-4-2-3-5-11(8)9/h8,10H,2-7,12H2,1H3. The van der Waals surface area contributed by atoms with E-state index in [9.17, 15) is 0 Å². The molecule has 2 aliphatic carbocycles. The summed E-state index contributed by atoms with van der Waals surface area (Å²) in [4.78, 5) is 0. The van der Waals surface area contributed by atoms with Crippen LogP contribution in [0.25, 0.3) is 0 Å². The van der Waals surface area contributed by atoms with Crippen molar-refractivity contribution in [3.8, 4) is 0 Å². The van der Waals surface area contributed by atoms with Crippen LogP contribution in [0.3, 0.4) is 0 Å². The van der Waals surface area contributed by atoms with Crippen LogP contribution >= 0.6 is 0 Å². The van der Waals surface area contributed by atoms with Gasteiger partial charge in [-0.15, -0.1) is 0 Å². The van der Waals surface area contributed by atoms with E-state index in [1.807, 2.05) is 0 Å². The van der Waals surface area contributed by atoms with E-state index < -0.39 is 0 Å². The van der Waals surface area contributed by atoms with E-state index in [4.69, 9.17) is 5.73 Å². The Kier molecular flexibility index (Phi) is 2.22. The van der Waals surface area contributed by atoms with Crippen molar-refractivity contribution in [3.63, 3.8) is 0 Å². The van der Waals surface area contributed by atoms with Gasteiger partial charge < -0.3 is 5.73 Å². The fourth-order valence-corrected chi connectivity index (χ4v) is 2.82. The SMILES string of the molecule is CC1CC(N)CC2=C1CCCC2. The molecule has 0 aromatic heterocycles. The normalized spacial score (nSPS) is 36.5. The van der Waals surface area contributed by atoms with Gasteiger partial charge in [-0.3, -0.25) is 0 Å². The van der Waals surface area contributed by atoms with E-state index >= 15 is 0 Å². The Balaban J connectivity index is 2.20. The molecular formula is C11H19N. The van der Waals surface area contributed by atoms with E-state index in [1.54, 1.807) is 11.1 Å². The zero-order chi connectivity index (χ0) is 8.55. The lowest BCUT2D eigenvalue weighted by Gasteiger charge is -2.33. The molecule has 2 N–H and O–H groups in total. The molecule has 2 atom stereocenters. The lowest BCUT2D eigenvalue weighted by molar-refractivity contribution is 0.427. The summed E-state index contributed by atoms with van der Waals surface area (Å²) in [6, 6.07) is 0.455. The molecule has 2 aliphatic rings. The molecule has 1 heteroatoms. The van der Waals surface area contributed by atoms with Gasteiger partial charge in [0.1, 0.15) is 0 Å². The molecule has 0 fully saturated rings. The Labute approximate surface area is 75.0 Å². The quantitative estimate of drug-likeness (QED) is 0.549. The zero-order valence-corrected chi connectivity index (χ0v) is 7.97. The third-order valence-electron chi connectivity index (χ3n) is 3.39. The number of nitrogens with two attached hydrogens (primary N) is 1. The van der Waals surface area contributed by atoms with Crippen LogP contribution in [0.4, 0.5) is 0 Å². The van der Waals surface area contributed by atoms with Crippen molar-refractivity contribution in [2.45, 2.75) is 51.5 Å². The number of rotatable bonds is 0. The molecule has 2 rings (SSSR count). The van der Waals surface area contributed by atoms with Crippen LogP contribution in [0.5, 0.6) is 0 Å². The lowest BCUT2D eigenvalue weighted by Crippen LogP contribution is -2.30. The fraction of sp³-hybridized carbons (Fsp3) is 0.818. The summed E-state index contributed by atoms with van der Waals surface area (Å²) in [5.74, 6) is 0.782.